The van der Waals surface area contributed by atoms with Crippen molar-refractivity contribution in [3.63, 3.8) is 0 Å². The van der Waals surface area contributed by atoms with Gasteiger partial charge in [0.05, 0.1) is 10.6 Å². The Morgan fingerprint density at radius 1 is 0.875 bits per heavy atom. The molecule has 1 N–H and O–H groups in total. The molecule has 0 radical (unpaired) electrons. The minimum absolute atomic E-state index is 0.00994. The summed E-state index contributed by atoms with van der Waals surface area (Å²) in [5, 5.41) is 3.30. The van der Waals surface area contributed by atoms with Crippen molar-refractivity contribution in [2.45, 2.75) is 59.0 Å². The Morgan fingerprint density at radius 3 is 2.08 bits per heavy atom. The van der Waals surface area contributed by atoms with Gasteiger partial charge in [0.2, 0.25) is 11.8 Å². The number of halogens is 1. The number of hydrogen-bond donors (Lipinski definition) is 1. The molecule has 3 aromatic carbocycles. The van der Waals surface area contributed by atoms with Crippen molar-refractivity contribution in [3.8, 4) is 0 Å². The van der Waals surface area contributed by atoms with E-state index in [9.17, 15) is 18.0 Å². The molecule has 0 fully saturated rings. The van der Waals surface area contributed by atoms with Crippen molar-refractivity contribution in [1.82, 2.24) is 10.2 Å². The van der Waals surface area contributed by atoms with Crippen LogP contribution < -0.4 is 9.62 Å². The van der Waals surface area contributed by atoms with E-state index in [0.717, 1.165) is 26.6 Å². The van der Waals surface area contributed by atoms with Gasteiger partial charge in [0.15, 0.2) is 0 Å². The van der Waals surface area contributed by atoms with E-state index in [1.807, 2.05) is 65.0 Å². The second-order valence-corrected chi connectivity index (χ2v) is 12.9. The van der Waals surface area contributed by atoms with Crippen molar-refractivity contribution >= 4 is 39.1 Å². The Kier molecular flexibility index (Phi) is 10.4. The molecule has 3 rings (SSSR count). The zero-order valence-electron chi connectivity index (χ0n) is 23.9. The van der Waals surface area contributed by atoms with Crippen LogP contribution in [0.5, 0.6) is 0 Å². The minimum Gasteiger partial charge on any atom is -0.354 e. The van der Waals surface area contributed by atoms with Crippen molar-refractivity contribution in [2.75, 3.05) is 17.4 Å². The normalized spacial score (nSPS) is 12.2. The van der Waals surface area contributed by atoms with E-state index >= 15 is 0 Å². The summed E-state index contributed by atoms with van der Waals surface area (Å²) >= 11 is 6.01. The topological polar surface area (TPSA) is 86.8 Å². The molecule has 40 heavy (non-hydrogen) atoms. The summed E-state index contributed by atoms with van der Waals surface area (Å²) in [5.41, 5.74) is 4.15. The van der Waals surface area contributed by atoms with Crippen LogP contribution in [0.15, 0.2) is 71.6 Å². The lowest BCUT2D eigenvalue weighted by Gasteiger charge is -2.32. The van der Waals surface area contributed by atoms with Crippen LogP contribution in [-0.2, 0) is 26.2 Å². The molecule has 1 atom stereocenters. The lowest BCUT2D eigenvalue weighted by molar-refractivity contribution is -0.139. The second kappa shape index (κ2) is 13.3. The van der Waals surface area contributed by atoms with Crippen LogP contribution >= 0.6 is 11.6 Å². The highest BCUT2D eigenvalue weighted by Crippen LogP contribution is 2.27. The van der Waals surface area contributed by atoms with E-state index in [4.69, 9.17) is 11.6 Å². The lowest BCUT2D eigenvalue weighted by atomic mass is 10.1. The van der Waals surface area contributed by atoms with Crippen molar-refractivity contribution in [2.24, 2.45) is 5.92 Å². The molecule has 0 unspecified atom stereocenters. The molecule has 2 amide bonds. The van der Waals surface area contributed by atoms with Gasteiger partial charge in [-0.3, -0.25) is 13.9 Å². The van der Waals surface area contributed by atoms with Crippen molar-refractivity contribution in [1.29, 1.82) is 0 Å². The van der Waals surface area contributed by atoms with Gasteiger partial charge in [-0.05, 0) is 86.7 Å². The van der Waals surface area contributed by atoms with E-state index in [1.54, 1.807) is 19.1 Å². The predicted molar refractivity (Wildman–Crippen MR) is 161 cm³/mol. The van der Waals surface area contributed by atoms with Crippen LogP contribution in [0.4, 0.5) is 5.69 Å². The highest BCUT2D eigenvalue weighted by atomic mass is 35.5. The Hall–Kier alpha value is -3.36. The third-order valence-corrected chi connectivity index (χ3v) is 8.82. The van der Waals surface area contributed by atoms with Gasteiger partial charge in [-0.1, -0.05) is 61.3 Å². The maximum Gasteiger partial charge on any atom is 0.264 e. The van der Waals surface area contributed by atoms with Gasteiger partial charge in [-0.2, -0.15) is 0 Å². The Balaban J connectivity index is 2.03. The van der Waals surface area contributed by atoms with Crippen LogP contribution in [0.1, 0.15) is 43.0 Å². The molecule has 9 heteroatoms. The molecule has 0 saturated carbocycles. The average molecular weight is 584 g/mol. The molecule has 7 nitrogen and oxygen atoms in total. The first kappa shape index (κ1) is 31.2. The number of rotatable bonds is 11. The number of sulfonamides is 1. The van der Waals surface area contributed by atoms with E-state index in [0.29, 0.717) is 17.3 Å². The molecule has 0 spiro atoms. The fourth-order valence-corrected chi connectivity index (χ4v) is 5.60. The highest BCUT2D eigenvalue weighted by molar-refractivity contribution is 7.92. The molecule has 0 aliphatic rings. The second-order valence-electron chi connectivity index (χ2n) is 10.6. The number of carbonyl (C=O) groups excluding carboxylic acids is 2. The van der Waals surface area contributed by atoms with Crippen molar-refractivity contribution in [3.05, 3.63) is 94.0 Å². The maximum absolute atomic E-state index is 14.0. The summed E-state index contributed by atoms with van der Waals surface area (Å²) in [5.74, 6) is -0.557. The first-order valence-electron chi connectivity index (χ1n) is 13.3. The molecule has 0 aliphatic carbocycles. The summed E-state index contributed by atoms with van der Waals surface area (Å²) in [6, 6.07) is 18.0. The molecule has 0 aromatic heterocycles. The molecule has 0 heterocycles. The summed E-state index contributed by atoms with van der Waals surface area (Å²) in [6.07, 6.45) is 0. The first-order valence-corrected chi connectivity index (χ1v) is 15.1. The number of hydrogen-bond acceptors (Lipinski definition) is 4. The molecular weight excluding hydrogens is 546 g/mol. The summed E-state index contributed by atoms with van der Waals surface area (Å²) in [6.45, 7) is 11.6. The monoisotopic (exact) mass is 583 g/mol. The van der Waals surface area contributed by atoms with Gasteiger partial charge in [-0.25, -0.2) is 8.42 Å². The van der Waals surface area contributed by atoms with Gasteiger partial charge >= 0.3 is 0 Å². The Morgan fingerprint density at radius 2 is 1.50 bits per heavy atom. The number of aryl methyl sites for hydroxylation is 3. The van der Waals surface area contributed by atoms with E-state index < -0.39 is 28.5 Å². The molecule has 3 aromatic rings. The van der Waals surface area contributed by atoms with Crippen LogP contribution in [0, 0.1) is 26.7 Å². The number of nitrogens with zero attached hydrogens (tertiary/aromatic N) is 2. The highest BCUT2D eigenvalue weighted by Gasteiger charge is 2.32. The minimum atomic E-state index is -4.15. The summed E-state index contributed by atoms with van der Waals surface area (Å²) in [7, 11) is -4.15. The summed E-state index contributed by atoms with van der Waals surface area (Å²) in [4.78, 5) is 28.5. The van der Waals surface area contributed by atoms with Gasteiger partial charge in [0, 0.05) is 18.1 Å². The standard InChI is InChI=1S/C31H38ClN3O4S/c1-21(2)18-33-31(37)25(6)34(19-26-10-7-22(3)8-11-26)30(36)20-35(28-14-9-23(4)24(5)17-28)40(38,39)29-15-12-27(32)13-16-29/h7-17,21,25H,18-20H2,1-6H3,(H,33,37)/t25-/m0/s1. The molecule has 0 aliphatic heterocycles. The fourth-order valence-electron chi connectivity index (χ4n) is 4.07. The van der Waals surface area contributed by atoms with Crippen LogP contribution in [0.3, 0.4) is 0 Å². The van der Waals surface area contributed by atoms with Crippen LogP contribution in [0.2, 0.25) is 5.02 Å². The van der Waals surface area contributed by atoms with E-state index in [2.05, 4.69) is 5.32 Å². The predicted octanol–water partition coefficient (Wildman–Crippen LogP) is 5.65. The number of nitrogens with one attached hydrogen (secondary N) is 1. The van der Waals surface area contributed by atoms with Crippen LogP contribution in [0.25, 0.3) is 0 Å². The average Bonchev–Trinajstić information content (AvgIpc) is 2.91. The van der Waals surface area contributed by atoms with E-state index in [1.165, 1.54) is 29.2 Å². The third-order valence-electron chi connectivity index (χ3n) is 6.78. The van der Waals surface area contributed by atoms with Gasteiger partial charge in [0.25, 0.3) is 10.0 Å². The fraction of sp³-hybridized carbons (Fsp3) is 0.355. The van der Waals surface area contributed by atoms with Gasteiger partial charge in [-0.15, -0.1) is 0 Å². The maximum atomic E-state index is 14.0. The quantitative estimate of drug-likeness (QED) is 0.316. The number of carbonyl (C=O) groups is 2. The summed E-state index contributed by atoms with van der Waals surface area (Å²) < 4.78 is 28.9. The molecule has 0 saturated heterocycles. The lowest BCUT2D eigenvalue weighted by Crippen LogP contribution is -2.51. The van der Waals surface area contributed by atoms with Crippen LogP contribution in [-0.4, -0.2) is 44.3 Å². The number of benzene rings is 3. The van der Waals surface area contributed by atoms with Gasteiger partial charge < -0.3 is 10.2 Å². The number of anilines is 1. The molecular formula is C31H38ClN3O4S. The molecule has 214 valence electrons. The Labute approximate surface area is 243 Å². The number of amides is 2. The van der Waals surface area contributed by atoms with Gasteiger partial charge in [0.1, 0.15) is 12.6 Å². The first-order chi connectivity index (χ1) is 18.8. The van der Waals surface area contributed by atoms with E-state index in [-0.39, 0.29) is 23.3 Å². The largest absolute Gasteiger partial charge is 0.354 e. The van der Waals surface area contributed by atoms with Crippen molar-refractivity contribution < 1.29 is 18.0 Å². The molecule has 0 bridgehead atoms. The third kappa shape index (κ3) is 7.86. The zero-order chi connectivity index (χ0) is 29.6. The Bertz CT molecular complexity index is 1440. The SMILES string of the molecule is Cc1ccc(CN(C(=O)CN(c2ccc(C)c(C)c2)S(=O)(=O)c2ccc(Cl)cc2)[C@@H](C)C(=O)NCC(C)C)cc1. The zero-order valence-corrected chi connectivity index (χ0v) is 25.5. The smallest absolute Gasteiger partial charge is 0.264 e.